The van der Waals surface area contributed by atoms with Gasteiger partial charge in [-0.2, -0.15) is 0 Å². The summed E-state index contributed by atoms with van der Waals surface area (Å²) in [5, 5.41) is 17.0. The number of methoxy groups -OCH3 is 2. The van der Waals surface area contributed by atoms with Crippen LogP contribution in [0.3, 0.4) is 0 Å². The number of hydrogen-bond donors (Lipinski definition) is 1. The second-order valence-electron chi connectivity index (χ2n) is 11.8. The van der Waals surface area contributed by atoms with Crippen LogP contribution in [0.5, 0.6) is 11.5 Å². The largest absolute Gasteiger partial charge is 0.497 e. The first-order chi connectivity index (χ1) is 22.5. The van der Waals surface area contributed by atoms with E-state index in [9.17, 15) is 10.1 Å². The Hall–Kier alpha value is -5.02. The molecule has 1 fully saturated rings. The number of nitrogens with one attached hydrogen (secondary N) is 1. The Morgan fingerprint density at radius 1 is 0.826 bits per heavy atom. The molecule has 0 saturated carbocycles. The van der Waals surface area contributed by atoms with Gasteiger partial charge in [0, 0.05) is 30.6 Å². The van der Waals surface area contributed by atoms with Crippen molar-refractivity contribution >= 4 is 22.4 Å². The van der Waals surface area contributed by atoms with Crippen LogP contribution < -0.4 is 14.8 Å². The van der Waals surface area contributed by atoms with Gasteiger partial charge >= 0.3 is 5.69 Å². The lowest BCUT2D eigenvalue weighted by Gasteiger charge is -2.20. The summed E-state index contributed by atoms with van der Waals surface area (Å²) in [7, 11) is 3.27. The molecule has 3 heterocycles. The molecule has 46 heavy (non-hydrogen) atoms. The van der Waals surface area contributed by atoms with Crippen LogP contribution >= 0.6 is 0 Å². The van der Waals surface area contributed by atoms with Crippen LogP contribution in [0.15, 0.2) is 91.1 Å². The van der Waals surface area contributed by atoms with E-state index in [4.69, 9.17) is 14.5 Å². The van der Waals surface area contributed by atoms with Gasteiger partial charge in [0.05, 0.1) is 19.1 Å². The third kappa shape index (κ3) is 7.26. The third-order valence-corrected chi connectivity index (χ3v) is 8.71. The number of pyridine rings is 2. The summed E-state index contributed by atoms with van der Waals surface area (Å²) in [6.07, 6.45) is 5.28. The Morgan fingerprint density at radius 2 is 1.39 bits per heavy atom. The van der Waals surface area contributed by atoms with Gasteiger partial charge in [-0.1, -0.05) is 48.5 Å². The highest BCUT2D eigenvalue weighted by Crippen LogP contribution is 2.40. The molecule has 5 aromatic rings. The number of hydrogen-bond acceptors (Lipinski definition) is 8. The molecule has 0 bridgehead atoms. The van der Waals surface area contributed by atoms with Gasteiger partial charge in [0.15, 0.2) is 5.65 Å². The predicted molar refractivity (Wildman–Crippen MR) is 181 cm³/mol. The fraction of sp³-hybridized carbons (Fsp3) is 0.297. The summed E-state index contributed by atoms with van der Waals surface area (Å²) >= 11 is 0. The van der Waals surface area contributed by atoms with E-state index in [-0.39, 0.29) is 16.5 Å². The summed E-state index contributed by atoms with van der Waals surface area (Å²) in [5.41, 5.74) is 5.68. The van der Waals surface area contributed by atoms with Crippen molar-refractivity contribution < 1.29 is 14.4 Å². The monoisotopic (exact) mass is 617 g/mol. The molecule has 6 rings (SSSR count). The van der Waals surface area contributed by atoms with Crippen molar-refractivity contribution in [3.63, 3.8) is 0 Å². The summed E-state index contributed by atoms with van der Waals surface area (Å²) in [5.74, 6) is 1.20. The lowest BCUT2D eigenvalue weighted by Crippen LogP contribution is -2.18. The first kappa shape index (κ1) is 31.0. The SMILES string of the molecule is COc1ccc(CC(Cc2ccc(OC)cc2)c2nc3ncccc3c(NCc3ccc(CN4CCCC4)cc3)c2[N+](=O)[O-])cc1. The summed E-state index contributed by atoms with van der Waals surface area (Å²) in [6, 6.07) is 27.8. The van der Waals surface area contributed by atoms with Gasteiger partial charge in [-0.25, -0.2) is 9.97 Å². The van der Waals surface area contributed by atoms with Crippen LogP contribution in [-0.2, 0) is 25.9 Å². The van der Waals surface area contributed by atoms with E-state index >= 15 is 0 Å². The normalized spacial score (nSPS) is 13.3. The minimum atomic E-state index is -0.306. The molecule has 0 radical (unpaired) electrons. The molecular weight excluding hydrogens is 578 g/mol. The first-order valence-electron chi connectivity index (χ1n) is 15.7. The number of fused-ring (bicyclic) bond motifs is 1. The topological polar surface area (TPSA) is 103 Å². The third-order valence-electron chi connectivity index (χ3n) is 8.71. The maximum Gasteiger partial charge on any atom is 0.314 e. The Kier molecular flexibility index (Phi) is 9.69. The molecule has 9 heteroatoms. The van der Waals surface area contributed by atoms with Crippen LogP contribution in [0.2, 0.25) is 0 Å². The van der Waals surface area contributed by atoms with Crippen molar-refractivity contribution in [2.24, 2.45) is 0 Å². The molecule has 236 valence electrons. The standard InChI is InChI=1S/C37H39N5O4/c1-45-31-15-11-26(12-16-31)22-30(23-27-13-17-32(46-2)18-14-27)34-36(42(43)44)35(33-6-5-19-38-37(33)40-34)39-24-28-7-9-29(10-8-28)25-41-20-3-4-21-41/h5-19,30H,3-4,20-25H2,1-2H3,(H,38,39,40). The highest BCUT2D eigenvalue weighted by Gasteiger charge is 2.31. The van der Waals surface area contributed by atoms with Crippen LogP contribution in [-0.4, -0.2) is 47.1 Å². The molecule has 2 aromatic heterocycles. The molecule has 1 N–H and O–H groups in total. The second kappa shape index (κ2) is 14.4. The number of benzene rings is 3. The molecular formula is C37H39N5O4. The quantitative estimate of drug-likeness (QED) is 0.108. The zero-order chi connectivity index (χ0) is 31.9. The number of anilines is 1. The van der Waals surface area contributed by atoms with Crippen LogP contribution in [0.25, 0.3) is 11.0 Å². The molecule has 3 aromatic carbocycles. The molecule has 1 saturated heterocycles. The van der Waals surface area contributed by atoms with Crippen molar-refractivity contribution in [2.75, 3.05) is 32.6 Å². The Balaban J connectivity index is 1.36. The van der Waals surface area contributed by atoms with E-state index in [0.717, 1.165) is 47.8 Å². The van der Waals surface area contributed by atoms with Gasteiger partial charge in [-0.15, -0.1) is 0 Å². The predicted octanol–water partition coefficient (Wildman–Crippen LogP) is 7.33. The van der Waals surface area contributed by atoms with Gasteiger partial charge in [0.1, 0.15) is 22.9 Å². The number of nitro groups is 1. The van der Waals surface area contributed by atoms with Crippen molar-refractivity contribution in [1.29, 1.82) is 0 Å². The van der Waals surface area contributed by atoms with Crippen LogP contribution in [0.1, 0.15) is 46.7 Å². The second-order valence-corrected chi connectivity index (χ2v) is 11.8. The fourth-order valence-corrected chi connectivity index (χ4v) is 6.26. The Morgan fingerprint density at radius 3 is 1.96 bits per heavy atom. The van der Waals surface area contributed by atoms with Crippen molar-refractivity contribution in [1.82, 2.24) is 14.9 Å². The van der Waals surface area contributed by atoms with E-state index in [1.54, 1.807) is 26.5 Å². The molecule has 9 nitrogen and oxygen atoms in total. The van der Waals surface area contributed by atoms with Crippen LogP contribution in [0.4, 0.5) is 11.4 Å². The van der Waals surface area contributed by atoms with E-state index in [1.807, 2.05) is 54.6 Å². The van der Waals surface area contributed by atoms with Crippen molar-refractivity contribution in [3.05, 3.63) is 129 Å². The number of aromatic nitrogens is 2. The number of ether oxygens (including phenoxy) is 2. The minimum Gasteiger partial charge on any atom is -0.497 e. The number of likely N-dealkylation sites (tertiary alicyclic amines) is 1. The van der Waals surface area contributed by atoms with Gasteiger partial charge in [0.25, 0.3) is 0 Å². The van der Waals surface area contributed by atoms with Crippen molar-refractivity contribution in [2.45, 2.75) is 44.7 Å². The molecule has 0 aliphatic carbocycles. The number of nitrogens with zero attached hydrogens (tertiary/aromatic N) is 4. The fourth-order valence-electron chi connectivity index (χ4n) is 6.26. The van der Waals surface area contributed by atoms with E-state index < -0.39 is 0 Å². The summed E-state index contributed by atoms with van der Waals surface area (Å²) in [6.45, 7) is 3.68. The molecule has 0 spiro atoms. The van der Waals surface area contributed by atoms with Gasteiger partial charge in [0.2, 0.25) is 0 Å². The maximum absolute atomic E-state index is 13.0. The van der Waals surface area contributed by atoms with E-state index in [2.05, 4.69) is 39.5 Å². The zero-order valence-corrected chi connectivity index (χ0v) is 26.3. The first-order valence-corrected chi connectivity index (χ1v) is 15.7. The molecule has 0 unspecified atom stereocenters. The Labute approximate surface area is 269 Å². The lowest BCUT2D eigenvalue weighted by molar-refractivity contribution is -0.385. The molecule has 0 amide bonds. The highest BCUT2D eigenvalue weighted by molar-refractivity contribution is 5.95. The lowest BCUT2D eigenvalue weighted by atomic mass is 9.88. The van der Waals surface area contributed by atoms with Gasteiger partial charge in [-0.3, -0.25) is 15.0 Å². The molecule has 1 aliphatic heterocycles. The zero-order valence-electron chi connectivity index (χ0n) is 26.3. The van der Waals surface area contributed by atoms with Gasteiger partial charge in [-0.05, 0) is 97.4 Å². The van der Waals surface area contributed by atoms with E-state index in [0.29, 0.717) is 41.8 Å². The minimum absolute atomic E-state index is 0.0156. The maximum atomic E-state index is 13.0. The smallest absolute Gasteiger partial charge is 0.314 e. The summed E-state index contributed by atoms with van der Waals surface area (Å²) in [4.78, 5) is 24.6. The van der Waals surface area contributed by atoms with E-state index in [1.165, 1.54) is 18.4 Å². The molecule has 0 atom stereocenters. The number of rotatable bonds is 13. The van der Waals surface area contributed by atoms with Crippen LogP contribution in [0, 0.1) is 10.1 Å². The highest BCUT2D eigenvalue weighted by atomic mass is 16.6. The average Bonchev–Trinajstić information content (AvgIpc) is 3.61. The van der Waals surface area contributed by atoms with Gasteiger partial charge < -0.3 is 14.8 Å². The average molecular weight is 618 g/mol. The molecule has 1 aliphatic rings. The van der Waals surface area contributed by atoms with Crippen molar-refractivity contribution in [3.8, 4) is 11.5 Å². The summed E-state index contributed by atoms with van der Waals surface area (Å²) < 4.78 is 10.7. The Bertz CT molecular complexity index is 1720.